The Morgan fingerprint density at radius 1 is 0.980 bits per heavy atom. The number of anilines is 2. The number of halogens is 1. The molecule has 11 heteroatoms. The van der Waals surface area contributed by atoms with Gasteiger partial charge in [-0.05, 0) is 69.6 Å². The van der Waals surface area contributed by atoms with Crippen LogP contribution < -0.4 is 10.2 Å². The molecule has 2 aromatic carbocycles. The van der Waals surface area contributed by atoms with Crippen LogP contribution in [0, 0.1) is 11.2 Å². The molecule has 0 radical (unpaired) electrons. The number of hydrogen-bond donors (Lipinski definition) is 1. The summed E-state index contributed by atoms with van der Waals surface area (Å²) in [5.41, 5.74) is 3.40. The van der Waals surface area contributed by atoms with Crippen LogP contribution >= 0.6 is 11.8 Å². The molecule has 50 heavy (non-hydrogen) atoms. The quantitative estimate of drug-likeness (QED) is 0.334. The maximum absolute atomic E-state index is 15.8. The van der Waals surface area contributed by atoms with Gasteiger partial charge in [-0.25, -0.2) is 9.18 Å². The van der Waals surface area contributed by atoms with E-state index in [1.54, 1.807) is 6.07 Å². The van der Waals surface area contributed by atoms with Crippen LogP contribution in [0.1, 0.15) is 83.7 Å². The number of carbonyl (C=O) groups is 3. The Bertz CT molecular complexity index is 1570. The first-order valence-corrected chi connectivity index (χ1v) is 19.3. The predicted molar refractivity (Wildman–Crippen MR) is 200 cm³/mol. The third kappa shape index (κ3) is 7.78. The molecule has 6 rings (SSSR count). The number of para-hydroxylation sites is 2. The molecule has 0 spiro atoms. The molecule has 1 N–H and O–H groups in total. The van der Waals surface area contributed by atoms with Crippen molar-refractivity contribution in [2.45, 2.75) is 95.9 Å². The van der Waals surface area contributed by atoms with Crippen molar-refractivity contribution >= 4 is 41.0 Å². The Morgan fingerprint density at radius 3 is 2.36 bits per heavy atom. The molecule has 0 aliphatic carbocycles. The van der Waals surface area contributed by atoms with Gasteiger partial charge in [0.15, 0.2) is 0 Å². The highest BCUT2D eigenvalue weighted by Gasteiger charge is 2.52. The number of rotatable bonds is 8. The normalized spacial score (nSPS) is 24.1. The van der Waals surface area contributed by atoms with E-state index in [2.05, 4.69) is 55.8 Å². The van der Waals surface area contributed by atoms with E-state index in [0.29, 0.717) is 50.7 Å². The predicted octanol–water partition coefficient (Wildman–Crippen LogP) is 6.60. The van der Waals surface area contributed by atoms with Crippen LogP contribution in [-0.4, -0.2) is 107 Å². The summed E-state index contributed by atoms with van der Waals surface area (Å²) >= 11 is 1.50. The van der Waals surface area contributed by atoms with Crippen LogP contribution in [0.15, 0.2) is 42.5 Å². The third-order valence-corrected chi connectivity index (χ3v) is 12.6. The van der Waals surface area contributed by atoms with Gasteiger partial charge in [-0.3, -0.25) is 14.5 Å². The average molecular weight is 707 g/mol. The minimum absolute atomic E-state index is 0.000341. The molecule has 0 bridgehead atoms. The second kappa shape index (κ2) is 14.7. The minimum atomic E-state index is -0.979. The molecule has 2 aromatic rings. The van der Waals surface area contributed by atoms with E-state index in [0.717, 1.165) is 55.8 Å². The number of urea groups is 1. The molecule has 3 fully saturated rings. The van der Waals surface area contributed by atoms with E-state index in [1.165, 1.54) is 17.8 Å². The molecule has 4 heterocycles. The Morgan fingerprint density at radius 2 is 1.68 bits per heavy atom. The first kappa shape index (κ1) is 36.5. The number of nitrogens with one attached hydrogen (secondary N) is 1. The lowest BCUT2D eigenvalue weighted by atomic mass is 9.91. The zero-order valence-electron chi connectivity index (χ0n) is 30.7. The van der Waals surface area contributed by atoms with Gasteiger partial charge < -0.3 is 24.9 Å². The molecular weight excluding hydrogens is 652 g/mol. The van der Waals surface area contributed by atoms with Crippen molar-refractivity contribution < 1.29 is 18.8 Å². The second-order valence-electron chi connectivity index (χ2n) is 16.1. The van der Waals surface area contributed by atoms with Crippen LogP contribution in [0.3, 0.4) is 0 Å². The van der Waals surface area contributed by atoms with Crippen LogP contribution in [0.2, 0.25) is 0 Å². The van der Waals surface area contributed by atoms with Crippen molar-refractivity contribution in [3.63, 3.8) is 0 Å². The summed E-state index contributed by atoms with van der Waals surface area (Å²) in [4.78, 5) is 51.8. The molecule has 2 atom stereocenters. The molecule has 0 saturated carbocycles. The monoisotopic (exact) mass is 706 g/mol. The van der Waals surface area contributed by atoms with Gasteiger partial charge in [-0.15, -0.1) is 11.8 Å². The van der Waals surface area contributed by atoms with E-state index in [4.69, 9.17) is 0 Å². The van der Waals surface area contributed by atoms with Crippen molar-refractivity contribution in [3.05, 3.63) is 59.4 Å². The van der Waals surface area contributed by atoms with Crippen molar-refractivity contribution in [1.29, 1.82) is 0 Å². The van der Waals surface area contributed by atoms with Gasteiger partial charge in [0.05, 0.1) is 12.1 Å². The number of nitrogens with zero attached hydrogens (tertiary/aromatic N) is 5. The molecule has 0 unspecified atom stereocenters. The summed E-state index contributed by atoms with van der Waals surface area (Å²) in [5, 5.41) is 2.68. The highest BCUT2D eigenvalue weighted by molar-refractivity contribution is 8.02. The van der Waals surface area contributed by atoms with Gasteiger partial charge in [0.25, 0.3) is 0 Å². The van der Waals surface area contributed by atoms with Crippen molar-refractivity contribution in [2.24, 2.45) is 5.41 Å². The van der Waals surface area contributed by atoms with Crippen molar-refractivity contribution in [2.75, 3.05) is 62.6 Å². The number of hydrogen-bond acceptors (Lipinski definition) is 6. The molecule has 4 aliphatic heterocycles. The topological polar surface area (TPSA) is 79.4 Å². The molecule has 3 saturated heterocycles. The third-order valence-electron chi connectivity index (χ3n) is 11.0. The lowest BCUT2D eigenvalue weighted by Crippen LogP contribution is -2.51. The first-order chi connectivity index (χ1) is 23.7. The SMILES string of the molecule is CC(C)N1CCN(c2c(F)cccc2[C@@H]2S[C@](C)(CC(=O)N3CCC(N4CCc5ccccc5NC4=O)CC3)C(=O)N2CCC(C)(C)C)CC1. The van der Waals surface area contributed by atoms with E-state index in [-0.39, 0.29) is 41.5 Å². The van der Waals surface area contributed by atoms with E-state index >= 15 is 4.39 Å². The van der Waals surface area contributed by atoms with E-state index in [9.17, 15) is 14.4 Å². The Balaban J connectivity index is 1.16. The van der Waals surface area contributed by atoms with Gasteiger partial charge >= 0.3 is 6.03 Å². The van der Waals surface area contributed by atoms with Crippen LogP contribution in [0.5, 0.6) is 0 Å². The number of likely N-dealkylation sites (tertiary alicyclic amines) is 1. The summed E-state index contributed by atoms with van der Waals surface area (Å²) in [5.74, 6) is -0.361. The first-order valence-electron chi connectivity index (χ1n) is 18.4. The highest BCUT2D eigenvalue weighted by Crippen LogP contribution is 2.53. The number of piperidine rings is 1. The fourth-order valence-electron chi connectivity index (χ4n) is 7.89. The Kier molecular flexibility index (Phi) is 10.8. The van der Waals surface area contributed by atoms with Gasteiger partial charge in [-0.2, -0.15) is 0 Å². The summed E-state index contributed by atoms with van der Waals surface area (Å²) in [6, 6.07) is 13.6. The number of piperazine rings is 1. The lowest BCUT2D eigenvalue weighted by Gasteiger charge is -2.40. The minimum Gasteiger partial charge on any atom is -0.366 e. The van der Waals surface area contributed by atoms with E-state index in [1.807, 2.05) is 45.9 Å². The smallest absolute Gasteiger partial charge is 0.322 e. The van der Waals surface area contributed by atoms with Crippen LogP contribution in [0.4, 0.5) is 20.6 Å². The summed E-state index contributed by atoms with van der Waals surface area (Å²) in [6.45, 7) is 18.2. The zero-order chi connectivity index (χ0) is 35.8. The number of fused-ring (bicyclic) bond motifs is 1. The Hall–Kier alpha value is -3.31. The summed E-state index contributed by atoms with van der Waals surface area (Å²) in [7, 11) is 0. The molecule has 0 aromatic heterocycles. The van der Waals surface area contributed by atoms with Gasteiger partial charge in [0.1, 0.15) is 15.9 Å². The fraction of sp³-hybridized carbons (Fsp3) is 0.615. The Labute approximate surface area is 301 Å². The van der Waals surface area contributed by atoms with Gasteiger partial charge in [0, 0.05) is 75.7 Å². The molecule has 4 aliphatic rings. The number of benzene rings is 2. The van der Waals surface area contributed by atoms with E-state index < -0.39 is 10.1 Å². The van der Waals surface area contributed by atoms with Crippen LogP contribution in [0.25, 0.3) is 0 Å². The van der Waals surface area contributed by atoms with Gasteiger partial charge in [-0.1, -0.05) is 51.1 Å². The highest BCUT2D eigenvalue weighted by atomic mass is 32.2. The van der Waals surface area contributed by atoms with Crippen molar-refractivity contribution in [3.8, 4) is 0 Å². The maximum atomic E-state index is 15.8. The molecule has 9 nitrogen and oxygen atoms in total. The van der Waals surface area contributed by atoms with Crippen molar-refractivity contribution in [1.82, 2.24) is 19.6 Å². The number of carbonyl (C=O) groups excluding carboxylic acids is 3. The zero-order valence-corrected chi connectivity index (χ0v) is 31.5. The molecular formula is C39H55FN6O3S. The lowest BCUT2D eigenvalue weighted by molar-refractivity contribution is -0.139. The fourth-order valence-corrected chi connectivity index (χ4v) is 9.45. The van der Waals surface area contributed by atoms with Crippen LogP contribution in [-0.2, 0) is 16.0 Å². The molecule has 4 amide bonds. The second-order valence-corrected chi connectivity index (χ2v) is 17.7. The molecule has 272 valence electrons. The number of amides is 4. The summed E-state index contributed by atoms with van der Waals surface area (Å²) < 4.78 is 14.8. The van der Waals surface area contributed by atoms with Gasteiger partial charge in [0.2, 0.25) is 11.8 Å². The summed E-state index contributed by atoms with van der Waals surface area (Å²) in [6.07, 6.45) is 3.07. The maximum Gasteiger partial charge on any atom is 0.322 e. The largest absolute Gasteiger partial charge is 0.366 e. The standard InChI is InChI=1S/C39H55FN6O3S/c1-27(2)42-22-24-44(25-23-42)34-30(11-9-12-31(34)40)35-46(21-17-38(3,4)5)36(48)39(6,50-35)26-33(47)43-18-15-29(16-19-43)45-20-14-28-10-7-8-13-32(28)41-37(45)49/h7-13,27,29,35H,14-26H2,1-6H3,(H,41,49)/t35-,39+/m0/s1. The number of thioether (sulfide) groups is 1. The average Bonchev–Trinajstić information content (AvgIpc) is 3.20.